The topological polar surface area (TPSA) is 38.8 Å². The Kier molecular flexibility index (Phi) is 3.22. The minimum absolute atomic E-state index is 0.00912. The lowest BCUT2D eigenvalue weighted by molar-refractivity contribution is 0.0767. The summed E-state index contributed by atoms with van der Waals surface area (Å²) in [4.78, 5) is 14.2. The van der Waals surface area contributed by atoms with Crippen LogP contribution in [-0.2, 0) is 0 Å². The van der Waals surface area contributed by atoms with E-state index in [0.717, 1.165) is 5.56 Å². The molecule has 1 aliphatic rings. The second-order valence-corrected chi connectivity index (χ2v) is 3.97. The van der Waals surface area contributed by atoms with Crippen molar-refractivity contribution in [3.8, 4) is 11.5 Å². The number of amides is 1. The molecule has 4 heteroatoms. The zero-order valence-electron chi connectivity index (χ0n) is 10.4. The molecule has 0 aromatic heterocycles. The lowest BCUT2D eigenvalue weighted by Gasteiger charge is -2.20. The summed E-state index contributed by atoms with van der Waals surface area (Å²) in [5, 5.41) is 0. The minimum atomic E-state index is 0.00912. The van der Waals surface area contributed by atoms with E-state index in [4.69, 9.17) is 9.47 Å². The van der Waals surface area contributed by atoms with Crippen molar-refractivity contribution in [3.63, 3.8) is 0 Å². The molecule has 0 spiro atoms. The molecule has 1 aromatic carbocycles. The molecule has 0 bridgehead atoms. The van der Waals surface area contributed by atoms with Crippen molar-refractivity contribution in [3.05, 3.63) is 23.3 Å². The fourth-order valence-corrected chi connectivity index (χ4v) is 2.01. The lowest BCUT2D eigenvalue weighted by atomic mass is 10.1. The highest BCUT2D eigenvalue weighted by Gasteiger charge is 2.26. The lowest BCUT2D eigenvalue weighted by Crippen LogP contribution is -2.31. The number of benzene rings is 1. The van der Waals surface area contributed by atoms with E-state index in [1.165, 1.54) is 0 Å². The van der Waals surface area contributed by atoms with Gasteiger partial charge in [-0.1, -0.05) is 6.07 Å². The Morgan fingerprint density at radius 2 is 2.00 bits per heavy atom. The third-order valence-corrected chi connectivity index (χ3v) is 3.01. The fraction of sp³-hybridized carbons (Fsp3) is 0.462. The Morgan fingerprint density at radius 3 is 2.65 bits per heavy atom. The van der Waals surface area contributed by atoms with Crippen LogP contribution in [0.2, 0.25) is 0 Å². The summed E-state index contributed by atoms with van der Waals surface area (Å²) in [6, 6.07) is 3.74. The van der Waals surface area contributed by atoms with Gasteiger partial charge >= 0.3 is 0 Å². The van der Waals surface area contributed by atoms with Gasteiger partial charge in [0.1, 0.15) is 0 Å². The van der Waals surface area contributed by atoms with Crippen LogP contribution in [0.5, 0.6) is 11.5 Å². The molecule has 17 heavy (non-hydrogen) atoms. The fourth-order valence-electron chi connectivity index (χ4n) is 2.01. The number of carbonyl (C=O) groups excluding carboxylic acids is 1. The Morgan fingerprint density at radius 1 is 1.29 bits per heavy atom. The van der Waals surface area contributed by atoms with Gasteiger partial charge in [0.15, 0.2) is 11.5 Å². The molecule has 0 fully saturated rings. The van der Waals surface area contributed by atoms with Gasteiger partial charge in [0.05, 0.1) is 5.56 Å². The molecule has 1 amide bonds. The monoisotopic (exact) mass is 235 g/mol. The molecule has 2 rings (SSSR count). The van der Waals surface area contributed by atoms with E-state index in [1.807, 2.05) is 32.9 Å². The summed E-state index contributed by atoms with van der Waals surface area (Å²) in [6.45, 7) is 7.43. The van der Waals surface area contributed by atoms with Crippen LogP contribution >= 0.6 is 0 Å². The smallest absolute Gasteiger partial charge is 0.258 e. The molecular formula is C13H17NO3. The van der Waals surface area contributed by atoms with Crippen LogP contribution in [0.4, 0.5) is 0 Å². The SMILES string of the molecule is CCN(CC)C(=O)c1c(C)ccc2c1OCO2. The Balaban J connectivity index is 2.44. The van der Waals surface area contributed by atoms with Gasteiger partial charge in [0.2, 0.25) is 6.79 Å². The Bertz CT molecular complexity index is 439. The average Bonchev–Trinajstić information content (AvgIpc) is 2.78. The number of nitrogens with zero attached hydrogens (tertiary/aromatic N) is 1. The molecule has 1 aromatic rings. The van der Waals surface area contributed by atoms with E-state index in [2.05, 4.69) is 0 Å². The first kappa shape index (κ1) is 11.8. The Labute approximate surface area is 101 Å². The van der Waals surface area contributed by atoms with E-state index < -0.39 is 0 Å². The van der Waals surface area contributed by atoms with Gasteiger partial charge < -0.3 is 14.4 Å². The van der Waals surface area contributed by atoms with E-state index in [-0.39, 0.29) is 12.7 Å². The maximum absolute atomic E-state index is 12.4. The largest absolute Gasteiger partial charge is 0.454 e. The number of aryl methyl sites for hydroxylation is 1. The number of hydrogen-bond acceptors (Lipinski definition) is 3. The first-order chi connectivity index (χ1) is 8.19. The molecule has 0 unspecified atom stereocenters. The van der Waals surface area contributed by atoms with E-state index >= 15 is 0 Å². The highest BCUT2D eigenvalue weighted by molar-refractivity contribution is 5.99. The van der Waals surface area contributed by atoms with Gasteiger partial charge in [-0.05, 0) is 32.4 Å². The van der Waals surface area contributed by atoms with Crippen molar-refractivity contribution in [1.29, 1.82) is 0 Å². The molecule has 0 saturated heterocycles. The molecule has 0 radical (unpaired) electrons. The first-order valence-electron chi connectivity index (χ1n) is 5.87. The van der Waals surface area contributed by atoms with Crippen LogP contribution in [0.25, 0.3) is 0 Å². The van der Waals surface area contributed by atoms with Gasteiger partial charge in [0, 0.05) is 13.1 Å². The third kappa shape index (κ3) is 1.95. The van der Waals surface area contributed by atoms with Crippen molar-refractivity contribution in [2.24, 2.45) is 0 Å². The normalized spacial score (nSPS) is 12.6. The average molecular weight is 235 g/mol. The van der Waals surface area contributed by atoms with Gasteiger partial charge in [-0.15, -0.1) is 0 Å². The predicted molar refractivity (Wildman–Crippen MR) is 64.6 cm³/mol. The molecule has 0 saturated carbocycles. The zero-order valence-corrected chi connectivity index (χ0v) is 10.4. The molecular weight excluding hydrogens is 218 g/mol. The summed E-state index contributed by atoms with van der Waals surface area (Å²) in [6.07, 6.45) is 0. The zero-order chi connectivity index (χ0) is 12.4. The van der Waals surface area contributed by atoms with Crippen LogP contribution in [0, 0.1) is 6.92 Å². The Hall–Kier alpha value is -1.71. The van der Waals surface area contributed by atoms with Crippen LogP contribution in [0.15, 0.2) is 12.1 Å². The van der Waals surface area contributed by atoms with E-state index in [9.17, 15) is 4.79 Å². The predicted octanol–water partition coefficient (Wildman–Crippen LogP) is 2.21. The van der Waals surface area contributed by atoms with Crippen molar-refractivity contribution in [1.82, 2.24) is 4.90 Å². The van der Waals surface area contributed by atoms with Crippen LogP contribution < -0.4 is 9.47 Å². The van der Waals surface area contributed by atoms with Gasteiger partial charge in [-0.25, -0.2) is 0 Å². The second kappa shape index (κ2) is 4.65. The van der Waals surface area contributed by atoms with Crippen LogP contribution in [-0.4, -0.2) is 30.7 Å². The van der Waals surface area contributed by atoms with Crippen molar-refractivity contribution < 1.29 is 14.3 Å². The number of rotatable bonds is 3. The highest BCUT2D eigenvalue weighted by Crippen LogP contribution is 2.37. The quantitative estimate of drug-likeness (QED) is 0.806. The summed E-state index contributed by atoms with van der Waals surface area (Å²) in [5.41, 5.74) is 1.55. The van der Waals surface area contributed by atoms with Crippen molar-refractivity contribution in [2.45, 2.75) is 20.8 Å². The van der Waals surface area contributed by atoms with Crippen molar-refractivity contribution in [2.75, 3.05) is 19.9 Å². The third-order valence-electron chi connectivity index (χ3n) is 3.01. The van der Waals surface area contributed by atoms with E-state index in [1.54, 1.807) is 4.90 Å². The molecule has 1 aliphatic heterocycles. The molecule has 0 atom stereocenters. The standard InChI is InChI=1S/C13H17NO3/c1-4-14(5-2)13(15)11-9(3)6-7-10-12(11)17-8-16-10/h6-7H,4-5,8H2,1-3H3. The molecule has 4 nitrogen and oxygen atoms in total. The first-order valence-corrected chi connectivity index (χ1v) is 5.87. The molecule has 0 aliphatic carbocycles. The second-order valence-electron chi connectivity index (χ2n) is 3.97. The highest BCUT2D eigenvalue weighted by atomic mass is 16.7. The maximum atomic E-state index is 12.4. The van der Waals surface area contributed by atoms with Crippen LogP contribution in [0.3, 0.4) is 0 Å². The molecule has 1 heterocycles. The number of carbonyl (C=O) groups is 1. The summed E-state index contributed by atoms with van der Waals surface area (Å²) in [5.74, 6) is 1.25. The molecule has 0 N–H and O–H groups in total. The number of hydrogen-bond donors (Lipinski definition) is 0. The molecule has 92 valence electrons. The summed E-state index contributed by atoms with van der Waals surface area (Å²) < 4.78 is 10.7. The number of ether oxygens (including phenoxy) is 2. The van der Waals surface area contributed by atoms with Gasteiger partial charge in [-0.3, -0.25) is 4.79 Å². The minimum Gasteiger partial charge on any atom is -0.454 e. The van der Waals surface area contributed by atoms with E-state index in [0.29, 0.717) is 30.2 Å². The maximum Gasteiger partial charge on any atom is 0.258 e. The number of fused-ring (bicyclic) bond motifs is 1. The summed E-state index contributed by atoms with van der Waals surface area (Å²) in [7, 11) is 0. The van der Waals surface area contributed by atoms with Gasteiger partial charge in [-0.2, -0.15) is 0 Å². The van der Waals surface area contributed by atoms with Crippen LogP contribution in [0.1, 0.15) is 29.8 Å². The van der Waals surface area contributed by atoms with Crippen molar-refractivity contribution >= 4 is 5.91 Å². The summed E-state index contributed by atoms with van der Waals surface area (Å²) >= 11 is 0. The van der Waals surface area contributed by atoms with Gasteiger partial charge in [0.25, 0.3) is 5.91 Å².